The molecule has 20 heavy (non-hydrogen) atoms. The zero-order valence-corrected chi connectivity index (χ0v) is 11.6. The third kappa shape index (κ3) is 5.43. The molecule has 1 atom stereocenters. The van der Waals surface area contributed by atoms with E-state index in [-0.39, 0.29) is 25.4 Å². The average Bonchev–Trinajstić information content (AvgIpc) is 2.92. The van der Waals surface area contributed by atoms with Crippen LogP contribution in [0.4, 0.5) is 4.79 Å². The summed E-state index contributed by atoms with van der Waals surface area (Å²) >= 11 is 0. The molecule has 3 amide bonds. The molecule has 0 saturated carbocycles. The Balaban J connectivity index is 2.13. The molecule has 0 aromatic rings. The molecule has 0 radical (unpaired) electrons. The first-order valence-corrected chi connectivity index (χ1v) is 6.59. The summed E-state index contributed by atoms with van der Waals surface area (Å²) in [7, 11) is 1.26. The molecule has 1 aliphatic heterocycles. The minimum atomic E-state index is -1.14. The van der Waals surface area contributed by atoms with Crippen molar-refractivity contribution in [3.8, 4) is 0 Å². The van der Waals surface area contributed by atoms with Crippen LogP contribution in [0.2, 0.25) is 0 Å². The molecule has 0 aromatic carbocycles. The third-order valence-corrected chi connectivity index (χ3v) is 3.09. The second-order valence-corrected chi connectivity index (χ2v) is 4.54. The Labute approximate surface area is 117 Å². The van der Waals surface area contributed by atoms with Crippen LogP contribution < -0.4 is 10.6 Å². The molecule has 0 aromatic heterocycles. The quantitative estimate of drug-likeness (QED) is 0.579. The van der Waals surface area contributed by atoms with Gasteiger partial charge < -0.3 is 25.4 Å². The van der Waals surface area contributed by atoms with Gasteiger partial charge in [0.25, 0.3) is 0 Å². The topological polar surface area (TPSA) is 108 Å². The predicted molar refractivity (Wildman–Crippen MR) is 70.3 cm³/mol. The first kappa shape index (κ1) is 16.2. The number of urea groups is 1. The summed E-state index contributed by atoms with van der Waals surface area (Å²) in [4.78, 5) is 35.5. The van der Waals surface area contributed by atoms with Gasteiger partial charge in [-0.25, -0.2) is 9.59 Å². The molecule has 1 saturated heterocycles. The Bertz CT molecular complexity index is 355. The zero-order chi connectivity index (χ0) is 15.0. The monoisotopic (exact) mass is 287 g/mol. The van der Waals surface area contributed by atoms with E-state index in [1.165, 1.54) is 7.11 Å². The number of carboxylic acids is 1. The lowest BCUT2D eigenvalue weighted by molar-refractivity contribution is -0.148. The number of nitrogens with one attached hydrogen (secondary N) is 2. The zero-order valence-electron chi connectivity index (χ0n) is 11.6. The fourth-order valence-corrected chi connectivity index (χ4v) is 1.93. The molecule has 0 spiro atoms. The number of hydrogen-bond donors (Lipinski definition) is 3. The molecule has 114 valence electrons. The van der Waals surface area contributed by atoms with Crippen LogP contribution in [0.15, 0.2) is 0 Å². The van der Waals surface area contributed by atoms with Gasteiger partial charge in [0, 0.05) is 33.2 Å². The molecule has 8 nitrogen and oxygen atoms in total. The number of carbonyl (C=O) groups is 3. The van der Waals surface area contributed by atoms with Crippen molar-refractivity contribution in [2.75, 3.05) is 33.3 Å². The number of carboxylic acid groups (broad SMARTS) is 1. The molecule has 1 unspecified atom stereocenters. The van der Waals surface area contributed by atoms with E-state index in [1.807, 2.05) is 0 Å². The van der Waals surface area contributed by atoms with Gasteiger partial charge in [-0.05, 0) is 12.8 Å². The molecule has 0 bridgehead atoms. The van der Waals surface area contributed by atoms with Gasteiger partial charge in [0.1, 0.15) is 0 Å². The lowest BCUT2D eigenvalue weighted by Crippen LogP contribution is -2.43. The minimum Gasteiger partial charge on any atom is -0.479 e. The number of ether oxygens (including phenoxy) is 1. The van der Waals surface area contributed by atoms with E-state index in [0.717, 1.165) is 25.9 Å². The summed E-state index contributed by atoms with van der Waals surface area (Å²) in [5.74, 6) is -1.11. The fraction of sp³-hybridized carbons (Fsp3) is 0.750. The lowest BCUT2D eigenvalue weighted by atomic mass is 10.3. The maximum atomic E-state index is 11.7. The van der Waals surface area contributed by atoms with Gasteiger partial charge >= 0.3 is 12.0 Å². The van der Waals surface area contributed by atoms with Gasteiger partial charge in [0.05, 0.1) is 6.54 Å². The predicted octanol–water partition coefficient (Wildman–Crippen LogP) is -0.602. The van der Waals surface area contributed by atoms with Crippen molar-refractivity contribution >= 4 is 17.9 Å². The van der Waals surface area contributed by atoms with Crippen molar-refractivity contribution in [1.29, 1.82) is 0 Å². The number of methoxy groups -OCH3 is 1. The highest BCUT2D eigenvalue weighted by Crippen LogP contribution is 2.08. The van der Waals surface area contributed by atoms with Crippen molar-refractivity contribution in [3.63, 3.8) is 0 Å². The van der Waals surface area contributed by atoms with Gasteiger partial charge in [-0.1, -0.05) is 0 Å². The average molecular weight is 287 g/mol. The number of rotatable bonds is 7. The number of likely N-dealkylation sites (tertiary alicyclic amines) is 1. The second-order valence-electron chi connectivity index (χ2n) is 4.54. The largest absolute Gasteiger partial charge is 0.479 e. The van der Waals surface area contributed by atoms with E-state index in [0.29, 0.717) is 0 Å². The summed E-state index contributed by atoms with van der Waals surface area (Å²) in [5, 5.41) is 13.6. The molecule has 0 aliphatic carbocycles. The van der Waals surface area contributed by atoms with Crippen LogP contribution in [0.1, 0.15) is 19.3 Å². The minimum absolute atomic E-state index is 0.0307. The van der Waals surface area contributed by atoms with Crippen LogP contribution in [0.3, 0.4) is 0 Å². The van der Waals surface area contributed by atoms with Crippen LogP contribution in [0, 0.1) is 0 Å². The fourth-order valence-electron chi connectivity index (χ4n) is 1.93. The first-order valence-electron chi connectivity index (χ1n) is 6.59. The van der Waals surface area contributed by atoms with Crippen molar-refractivity contribution < 1.29 is 24.2 Å². The molecule has 1 rings (SSSR count). The van der Waals surface area contributed by atoms with Gasteiger partial charge in [-0.15, -0.1) is 0 Å². The number of nitrogens with zero attached hydrogens (tertiary/aromatic N) is 1. The van der Waals surface area contributed by atoms with E-state index in [2.05, 4.69) is 15.4 Å². The summed E-state index contributed by atoms with van der Waals surface area (Å²) in [5.41, 5.74) is 0. The number of aliphatic carboxylic acids is 1. The molecule has 1 fully saturated rings. The Hall–Kier alpha value is -1.83. The van der Waals surface area contributed by atoms with Gasteiger partial charge in [0.2, 0.25) is 5.91 Å². The summed E-state index contributed by atoms with van der Waals surface area (Å²) in [6, 6.07) is -0.512. The Kier molecular flexibility index (Phi) is 6.78. The number of hydrogen-bond acceptors (Lipinski definition) is 4. The van der Waals surface area contributed by atoms with E-state index >= 15 is 0 Å². The van der Waals surface area contributed by atoms with Crippen molar-refractivity contribution in [2.24, 2.45) is 0 Å². The molecular formula is C12H21N3O5. The Morgan fingerprint density at radius 1 is 1.25 bits per heavy atom. The summed E-state index contributed by atoms with van der Waals surface area (Å²) in [6.45, 7) is 1.68. The lowest BCUT2D eigenvalue weighted by Gasteiger charge is -2.15. The number of carbonyl (C=O) groups excluding carboxylic acids is 2. The number of amides is 3. The molecule has 8 heteroatoms. The third-order valence-electron chi connectivity index (χ3n) is 3.09. The maximum absolute atomic E-state index is 11.7. The highest BCUT2D eigenvalue weighted by Gasteiger charge is 2.18. The molecule has 1 heterocycles. The smallest absolute Gasteiger partial charge is 0.334 e. The van der Waals surface area contributed by atoms with E-state index in [4.69, 9.17) is 5.11 Å². The van der Waals surface area contributed by atoms with Crippen molar-refractivity contribution in [3.05, 3.63) is 0 Å². The highest BCUT2D eigenvalue weighted by atomic mass is 16.5. The van der Waals surface area contributed by atoms with E-state index in [1.54, 1.807) is 4.90 Å². The summed E-state index contributed by atoms with van der Waals surface area (Å²) in [6.07, 6.45) is 1.24. The normalized spacial score (nSPS) is 15.8. The van der Waals surface area contributed by atoms with Crippen molar-refractivity contribution in [2.45, 2.75) is 25.4 Å². The van der Waals surface area contributed by atoms with Gasteiger partial charge in [-0.2, -0.15) is 0 Å². The highest BCUT2D eigenvalue weighted by molar-refractivity contribution is 5.79. The van der Waals surface area contributed by atoms with Crippen LogP contribution >= 0.6 is 0 Å². The van der Waals surface area contributed by atoms with Crippen molar-refractivity contribution in [1.82, 2.24) is 15.5 Å². The SMILES string of the molecule is COC(CNC(=O)NCCC(=O)N1CCCC1)C(=O)O. The van der Waals surface area contributed by atoms with Crippen LogP contribution in [-0.2, 0) is 14.3 Å². The Morgan fingerprint density at radius 2 is 1.90 bits per heavy atom. The standard InChI is InChI=1S/C12H21N3O5/c1-20-9(11(17)18)8-14-12(19)13-5-4-10(16)15-6-2-3-7-15/h9H,2-8H2,1H3,(H,17,18)(H2,13,14,19). The van der Waals surface area contributed by atoms with Gasteiger partial charge in [0.15, 0.2) is 6.10 Å². The second kappa shape index (κ2) is 8.36. The van der Waals surface area contributed by atoms with Gasteiger partial charge in [-0.3, -0.25) is 4.79 Å². The maximum Gasteiger partial charge on any atom is 0.334 e. The van der Waals surface area contributed by atoms with Crippen LogP contribution in [0.25, 0.3) is 0 Å². The molecule has 1 aliphatic rings. The first-order chi connectivity index (χ1) is 9.54. The molecule has 3 N–H and O–H groups in total. The Morgan fingerprint density at radius 3 is 2.45 bits per heavy atom. The van der Waals surface area contributed by atoms with E-state index < -0.39 is 18.1 Å². The summed E-state index contributed by atoms with van der Waals surface area (Å²) < 4.78 is 4.67. The molecular weight excluding hydrogens is 266 g/mol. The van der Waals surface area contributed by atoms with Crippen LogP contribution in [-0.4, -0.2) is 67.3 Å². The van der Waals surface area contributed by atoms with Crippen LogP contribution in [0.5, 0.6) is 0 Å². The van der Waals surface area contributed by atoms with E-state index in [9.17, 15) is 14.4 Å².